The van der Waals surface area contributed by atoms with Crippen LogP contribution in [-0.4, -0.2) is 12.7 Å². The molecule has 0 aliphatic rings. The minimum Gasteiger partial charge on any atom is -0.450 e. The van der Waals surface area contributed by atoms with E-state index in [0.29, 0.717) is 16.8 Å². The summed E-state index contributed by atoms with van der Waals surface area (Å²) in [5, 5.41) is 2.45. The van der Waals surface area contributed by atoms with Gasteiger partial charge in [-0.25, -0.2) is 9.18 Å². The highest BCUT2D eigenvalue weighted by atomic mass is 79.9. The van der Waals surface area contributed by atoms with Gasteiger partial charge in [0.05, 0.1) is 11.1 Å². The van der Waals surface area contributed by atoms with Crippen LogP contribution < -0.4 is 5.32 Å². The fourth-order valence-electron chi connectivity index (χ4n) is 0.859. The summed E-state index contributed by atoms with van der Waals surface area (Å²) in [6.07, 6.45) is -0.550. The Morgan fingerprint density at radius 1 is 1.64 bits per heavy atom. The van der Waals surface area contributed by atoms with Crippen LogP contribution in [0.1, 0.15) is 6.92 Å². The van der Waals surface area contributed by atoms with Gasteiger partial charge in [0.1, 0.15) is 5.82 Å². The molecule has 0 aliphatic carbocycles. The Balaban J connectivity index is 2.68. The van der Waals surface area contributed by atoms with E-state index in [9.17, 15) is 9.18 Å². The predicted octanol–water partition coefficient (Wildman–Crippen LogP) is 3.16. The third-order valence-electron chi connectivity index (χ3n) is 1.44. The maximum atomic E-state index is 12.8. The van der Waals surface area contributed by atoms with Crippen molar-refractivity contribution in [1.29, 1.82) is 0 Å². The molecule has 0 atom stereocenters. The molecule has 0 saturated heterocycles. The Hall–Kier alpha value is -1.10. The number of anilines is 1. The van der Waals surface area contributed by atoms with Crippen molar-refractivity contribution in [1.82, 2.24) is 0 Å². The average Bonchev–Trinajstić information content (AvgIpc) is 2.12. The molecule has 14 heavy (non-hydrogen) atoms. The number of halogens is 2. The normalized spacial score (nSPS) is 9.64. The minimum absolute atomic E-state index is 0.298. The number of amides is 1. The highest BCUT2D eigenvalue weighted by Crippen LogP contribution is 2.19. The third kappa shape index (κ3) is 2.99. The highest BCUT2D eigenvalue weighted by Gasteiger charge is 2.04. The van der Waals surface area contributed by atoms with Gasteiger partial charge < -0.3 is 4.74 Å². The predicted molar refractivity (Wildman–Crippen MR) is 54.7 cm³/mol. The fraction of sp³-hybridized carbons (Fsp3) is 0.222. The highest BCUT2D eigenvalue weighted by molar-refractivity contribution is 9.10. The first-order chi connectivity index (χ1) is 6.63. The van der Waals surface area contributed by atoms with Crippen LogP contribution in [0, 0.1) is 5.82 Å². The average molecular weight is 262 g/mol. The molecule has 0 fully saturated rings. The van der Waals surface area contributed by atoms with Crippen molar-refractivity contribution in [3.8, 4) is 0 Å². The quantitative estimate of drug-likeness (QED) is 0.888. The van der Waals surface area contributed by atoms with Crippen LogP contribution in [0.4, 0.5) is 14.9 Å². The molecule has 0 saturated carbocycles. The molecule has 0 spiro atoms. The lowest BCUT2D eigenvalue weighted by atomic mass is 10.3. The largest absolute Gasteiger partial charge is 0.450 e. The van der Waals surface area contributed by atoms with Crippen LogP contribution in [0.25, 0.3) is 0 Å². The topological polar surface area (TPSA) is 38.3 Å². The van der Waals surface area contributed by atoms with E-state index in [1.54, 1.807) is 6.92 Å². The van der Waals surface area contributed by atoms with Crippen LogP contribution in [0.3, 0.4) is 0 Å². The molecule has 0 aromatic heterocycles. The van der Waals surface area contributed by atoms with Crippen molar-refractivity contribution < 1.29 is 13.9 Å². The Morgan fingerprint density at radius 3 is 2.93 bits per heavy atom. The number of ether oxygens (including phenoxy) is 1. The second-order valence-electron chi connectivity index (χ2n) is 2.47. The summed E-state index contributed by atoms with van der Waals surface area (Å²) >= 11 is 3.01. The molecule has 0 unspecified atom stereocenters. The molecule has 1 rings (SSSR count). The summed E-state index contributed by atoms with van der Waals surface area (Å²) in [7, 11) is 0. The maximum absolute atomic E-state index is 12.8. The zero-order valence-electron chi connectivity index (χ0n) is 7.51. The molecule has 1 amide bonds. The lowest BCUT2D eigenvalue weighted by Gasteiger charge is -2.05. The molecule has 0 bridgehead atoms. The standard InChI is InChI=1S/C9H9BrFNO2/c1-2-14-9(13)12-6-3-4-8(11)7(10)5-6/h3-5H,2H2,1H3,(H,12,13). The summed E-state index contributed by atoms with van der Waals surface area (Å²) in [6, 6.07) is 4.18. The smallest absolute Gasteiger partial charge is 0.411 e. The van der Waals surface area contributed by atoms with Crippen molar-refractivity contribution >= 4 is 27.7 Å². The zero-order valence-corrected chi connectivity index (χ0v) is 9.10. The lowest BCUT2D eigenvalue weighted by molar-refractivity contribution is 0.168. The van der Waals surface area contributed by atoms with Gasteiger partial charge in [0.15, 0.2) is 0 Å². The van der Waals surface area contributed by atoms with E-state index in [1.807, 2.05) is 0 Å². The number of nitrogens with one attached hydrogen (secondary N) is 1. The first-order valence-electron chi connectivity index (χ1n) is 4.02. The van der Waals surface area contributed by atoms with Gasteiger partial charge in [-0.3, -0.25) is 5.32 Å². The molecular weight excluding hydrogens is 253 g/mol. The second-order valence-corrected chi connectivity index (χ2v) is 3.33. The van der Waals surface area contributed by atoms with E-state index in [1.165, 1.54) is 18.2 Å². The van der Waals surface area contributed by atoms with E-state index in [0.717, 1.165) is 0 Å². The van der Waals surface area contributed by atoms with Crippen molar-refractivity contribution in [2.45, 2.75) is 6.92 Å². The Bertz CT molecular complexity index is 344. The van der Waals surface area contributed by atoms with Crippen molar-refractivity contribution in [3.63, 3.8) is 0 Å². The van der Waals surface area contributed by atoms with E-state index in [4.69, 9.17) is 0 Å². The van der Waals surface area contributed by atoms with Crippen molar-refractivity contribution in [3.05, 3.63) is 28.5 Å². The molecular formula is C9H9BrFNO2. The molecule has 1 N–H and O–H groups in total. The van der Waals surface area contributed by atoms with Crippen LogP contribution >= 0.6 is 15.9 Å². The zero-order chi connectivity index (χ0) is 10.6. The Kier molecular flexibility index (Phi) is 3.88. The molecule has 5 heteroatoms. The lowest BCUT2D eigenvalue weighted by Crippen LogP contribution is -2.13. The monoisotopic (exact) mass is 261 g/mol. The maximum Gasteiger partial charge on any atom is 0.411 e. The fourth-order valence-corrected chi connectivity index (χ4v) is 1.24. The number of rotatable bonds is 2. The molecule has 3 nitrogen and oxygen atoms in total. The van der Waals surface area contributed by atoms with E-state index < -0.39 is 6.09 Å². The summed E-state index contributed by atoms with van der Waals surface area (Å²) in [5.74, 6) is -0.376. The Labute approximate surface area is 89.4 Å². The summed E-state index contributed by atoms with van der Waals surface area (Å²) in [6.45, 7) is 2.01. The third-order valence-corrected chi connectivity index (χ3v) is 2.05. The molecule has 0 heterocycles. The van der Waals surface area contributed by atoms with Crippen LogP contribution in [0.2, 0.25) is 0 Å². The molecule has 1 aromatic rings. The molecule has 76 valence electrons. The van der Waals surface area contributed by atoms with Gasteiger partial charge in [-0.2, -0.15) is 0 Å². The van der Waals surface area contributed by atoms with Gasteiger partial charge in [-0.15, -0.1) is 0 Å². The summed E-state index contributed by atoms with van der Waals surface area (Å²) in [5.41, 5.74) is 0.483. The summed E-state index contributed by atoms with van der Waals surface area (Å²) < 4.78 is 17.7. The van der Waals surface area contributed by atoms with Gasteiger partial charge in [0, 0.05) is 5.69 Å². The van der Waals surface area contributed by atoms with Gasteiger partial charge >= 0.3 is 6.09 Å². The number of carbonyl (C=O) groups excluding carboxylic acids is 1. The van der Waals surface area contributed by atoms with Crippen LogP contribution in [0.15, 0.2) is 22.7 Å². The minimum atomic E-state index is -0.550. The number of benzene rings is 1. The van der Waals surface area contributed by atoms with Crippen LogP contribution in [-0.2, 0) is 4.74 Å². The molecule has 0 radical (unpaired) electrons. The summed E-state index contributed by atoms with van der Waals surface area (Å²) in [4.78, 5) is 11.0. The number of carbonyl (C=O) groups is 1. The second kappa shape index (κ2) is 4.95. The Morgan fingerprint density at radius 2 is 2.36 bits per heavy atom. The van der Waals surface area contributed by atoms with Crippen molar-refractivity contribution in [2.75, 3.05) is 11.9 Å². The first kappa shape index (κ1) is 11.0. The van der Waals surface area contributed by atoms with Gasteiger partial charge in [0.2, 0.25) is 0 Å². The van der Waals surface area contributed by atoms with Gasteiger partial charge in [-0.1, -0.05) is 0 Å². The van der Waals surface area contributed by atoms with E-state index >= 15 is 0 Å². The molecule has 0 aliphatic heterocycles. The number of hydrogen-bond acceptors (Lipinski definition) is 2. The first-order valence-corrected chi connectivity index (χ1v) is 4.81. The number of hydrogen-bond donors (Lipinski definition) is 1. The van der Waals surface area contributed by atoms with E-state index in [-0.39, 0.29) is 5.82 Å². The molecule has 1 aromatic carbocycles. The van der Waals surface area contributed by atoms with E-state index in [2.05, 4.69) is 26.0 Å². The van der Waals surface area contributed by atoms with Gasteiger partial charge in [0.25, 0.3) is 0 Å². The van der Waals surface area contributed by atoms with Crippen LogP contribution in [0.5, 0.6) is 0 Å². The SMILES string of the molecule is CCOC(=O)Nc1ccc(F)c(Br)c1. The van der Waals surface area contributed by atoms with Crippen molar-refractivity contribution in [2.24, 2.45) is 0 Å². The van der Waals surface area contributed by atoms with Gasteiger partial charge in [-0.05, 0) is 41.1 Å².